The van der Waals surface area contributed by atoms with Gasteiger partial charge >= 0.3 is 18.0 Å². The van der Waals surface area contributed by atoms with E-state index in [1.54, 1.807) is 6.07 Å². The SMILES string of the molecule is COC(=O)C1CC(=O)NC1c1cc(OC)ccc1F.COc1ccc(F)c(C2NC(=O)C[C@@H]2N)c1.COc1ccc(F)c(C2NC(=O)C[C@@H]2NC(=O)OCc2ccccc2)c1.COc1ccc(F)c([C@H]2NC(=O)C[C@@H]2C(=O)O)c1.OCc1ccccc1.[B]. The van der Waals surface area contributed by atoms with Gasteiger partial charge in [-0.3, -0.25) is 28.8 Å². The maximum Gasteiger partial charge on any atom is 0.407 e. The number of nitrogens with two attached hydrogens (primary N) is 1. The van der Waals surface area contributed by atoms with Gasteiger partial charge in [0.15, 0.2) is 0 Å². The molecular weight excluding hydrogens is 1160 g/mol. The van der Waals surface area contributed by atoms with E-state index in [1.807, 2.05) is 60.7 Å². The zero-order valence-corrected chi connectivity index (χ0v) is 48.4. The fourth-order valence-electron chi connectivity index (χ4n) is 9.60. The highest BCUT2D eigenvalue weighted by atomic mass is 19.1. The molecule has 8 atom stereocenters. The number of amides is 5. The van der Waals surface area contributed by atoms with Crippen LogP contribution >= 0.6 is 0 Å². The normalized spacial score (nSPS) is 20.2. The third-order valence-corrected chi connectivity index (χ3v) is 14.1. The molecule has 4 heterocycles. The Bertz CT molecular complexity index is 3380. The predicted octanol–water partition coefficient (Wildman–Crippen LogP) is 6.49. The highest BCUT2D eigenvalue weighted by Crippen LogP contribution is 2.36. The molecule has 21 nitrogen and oxygen atoms in total. The molecule has 5 amide bonds. The van der Waals surface area contributed by atoms with E-state index in [2.05, 4.69) is 31.3 Å². The average molecular weight is 1220 g/mol. The van der Waals surface area contributed by atoms with Crippen molar-refractivity contribution in [1.29, 1.82) is 0 Å². The minimum atomic E-state index is -1.12. The number of alkyl carbamates (subject to hydrolysis) is 1. The summed E-state index contributed by atoms with van der Waals surface area (Å²) in [5.74, 6) is -4.51. The van der Waals surface area contributed by atoms with E-state index in [4.69, 9.17) is 39.6 Å². The number of benzene rings is 6. The second-order valence-electron chi connectivity index (χ2n) is 19.7. The van der Waals surface area contributed by atoms with E-state index in [0.717, 1.165) is 11.1 Å². The zero-order valence-electron chi connectivity index (χ0n) is 48.4. The minimum absolute atomic E-state index is 0. The van der Waals surface area contributed by atoms with Crippen molar-refractivity contribution >= 4 is 50.1 Å². The van der Waals surface area contributed by atoms with Crippen LogP contribution in [0.1, 0.15) is 83.2 Å². The maximum absolute atomic E-state index is 14.2. The fourth-order valence-corrected chi connectivity index (χ4v) is 9.60. The van der Waals surface area contributed by atoms with E-state index in [1.165, 1.54) is 102 Å². The summed E-state index contributed by atoms with van der Waals surface area (Å²) >= 11 is 0. The van der Waals surface area contributed by atoms with Crippen molar-refractivity contribution in [3.8, 4) is 23.0 Å². The molecule has 0 aromatic heterocycles. The average Bonchev–Trinajstić information content (AvgIpc) is 4.31. The van der Waals surface area contributed by atoms with Gasteiger partial charge in [-0.2, -0.15) is 0 Å². The molecule has 9 N–H and O–H groups in total. The van der Waals surface area contributed by atoms with Crippen LogP contribution in [-0.2, 0) is 51.5 Å². The molecule has 4 saturated heterocycles. The van der Waals surface area contributed by atoms with E-state index in [9.17, 15) is 51.1 Å². The Morgan fingerprint density at radius 2 is 0.875 bits per heavy atom. The number of hydrogen-bond donors (Lipinski definition) is 8. The Balaban J connectivity index is 0.000000207. The van der Waals surface area contributed by atoms with Crippen LogP contribution in [0.25, 0.3) is 0 Å². The number of carbonyl (C=O) groups is 7. The number of aliphatic hydroxyl groups is 1. The first-order valence-electron chi connectivity index (χ1n) is 26.9. The summed E-state index contributed by atoms with van der Waals surface area (Å²) in [6, 6.07) is 31.9. The Kier molecular flexibility index (Phi) is 26.1. The van der Waals surface area contributed by atoms with Crippen molar-refractivity contribution in [3.05, 3.63) is 190 Å². The van der Waals surface area contributed by atoms with E-state index in [-0.39, 0.29) is 87.5 Å². The molecule has 6 aromatic rings. The Morgan fingerprint density at radius 1 is 0.511 bits per heavy atom. The standard InChI is InChI=1S/C19H19FN2O4.C13H14FNO4.C12H12FNO4.C11H13FN2O2.C7H8O.B/c1-25-13-7-8-15(20)14(9-13)18-16(10-17(23)22-18)21-19(24)26-11-12-5-3-2-4-6-12;1-18-7-3-4-10(14)8(5-7)12-9(13(17)19-2)6-11(16)15-12;1-18-6-2-3-9(13)7(4-6)11-8(12(16)17)5-10(15)14-11;1-16-6-2-3-8(12)7(4-6)11-9(13)5-10(15)14-11;8-6-7-4-2-1-3-5-7;/h2-9,16,18H,10-11H2,1H3,(H,21,24)(H,22,23);3-5,9,12H,6H2,1-2H3,(H,15,16);2-4,8,11H,5H2,1H3,(H,14,15)(H,16,17);2-4,9,11H,5,13H2,1H3,(H,14,15);1-5,8H,6H2;/t16-,18?;;8-,11+;9-,11?;;/m0.00../s1. The summed E-state index contributed by atoms with van der Waals surface area (Å²) in [5, 5.41) is 30.6. The van der Waals surface area contributed by atoms with Crippen LogP contribution in [0.3, 0.4) is 0 Å². The van der Waals surface area contributed by atoms with Gasteiger partial charge in [-0.1, -0.05) is 60.7 Å². The van der Waals surface area contributed by atoms with Crippen LogP contribution in [0.2, 0.25) is 0 Å². The molecule has 3 radical (unpaired) electrons. The number of carboxylic acids is 1. The summed E-state index contributed by atoms with van der Waals surface area (Å²) in [4.78, 5) is 80.5. The second kappa shape index (κ2) is 33.3. The summed E-state index contributed by atoms with van der Waals surface area (Å²) in [6.45, 7) is 0.250. The van der Waals surface area contributed by atoms with Crippen molar-refractivity contribution in [2.45, 2.75) is 75.1 Å². The lowest BCUT2D eigenvalue weighted by atomic mass is 9.93. The number of carbonyl (C=O) groups excluding carboxylic acids is 6. The molecule has 4 fully saturated rings. The predicted molar refractivity (Wildman–Crippen MR) is 310 cm³/mol. The Morgan fingerprint density at radius 3 is 1.26 bits per heavy atom. The van der Waals surface area contributed by atoms with Crippen molar-refractivity contribution in [2.75, 3.05) is 35.5 Å². The summed E-state index contributed by atoms with van der Waals surface area (Å²) < 4.78 is 85.3. The van der Waals surface area contributed by atoms with Gasteiger partial charge in [0.2, 0.25) is 23.6 Å². The van der Waals surface area contributed by atoms with Crippen molar-refractivity contribution in [3.63, 3.8) is 0 Å². The molecule has 10 rings (SSSR count). The molecule has 88 heavy (non-hydrogen) atoms. The highest BCUT2D eigenvalue weighted by Gasteiger charge is 2.42. The van der Waals surface area contributed by atoms with Gasteiger partial charge in [0.25, 0.3) is 0 Å². The Labute approximate surface area is 506 Å². The first kappa shape index (κ1) is 69.1. The zero-order chi connectivity index (χ0) is 63.3. The van der Waals surface area contributed by atoms with E-state index >= 15 is 0 Å². The number of aliphatic carboxylic acids is 1. The van der Waals surface area contributed by atoms with Crippen LogP contribution in [0, 0.1) is 35.1 Å². The van der Waals surface area contributed by atoms with Crippen LogP contribution in [-0.4, -0.2) is 108 Å². The largest absolute Gasteiger partial charge is 0.497 e. The molecule has 26 heteroatoms. The highest BCUT2D eigenvalue weighted by molar-refractivity contribution is 5.88. The molecule has 4 aliphatic heterocycles. The van der Waals surface area contributed by atoms with Crippen molar-refractivity contribution in [2.24, 2.45) is 17.6 Å². The van der Waals surface area contributed by atoms with Gasteiger partial charge < -0.3 is 71.0 Å². The summed E-state index contributed by atoms with van der Waals surface area (Å²) in [7, 11) is 7.11. The number of halogens is 4. The number of carboxylic acid groups (broad SMARTS) is 1. The number of hydrogen-bond acceptors (Lipinski definition) is 15. The van der Waals surface area contributed by atoms with Crippen LogP contribution in [0.4, 0.5) is 22.4 Å². The number of aliphatic hydroxyl groups excluding tert-OH is 1. The number of rotatable bonds is 14. The maximum atomic E-state index is 14.2. The molecule has 4 aliphatic rings. The fraction of sp³-hybridized carbons (Fsp3) is 0.306. The molecule has 0 aliphatic carbocycles. The molecule has 0 saturated carbocycles. The number of ether oxygens (including phenoxy) is 6. The minimum Gasteiger partial charge on any atom is -0.497 e. The molecule has 4 unspecified atom stereocenters. The van der Waals surface area contributed by atoms with E-state index < -0.39 is 89.5 Å². The molecular formula is C62H66BF4N6O15. The number of esters is 1. The monoisotopic (exact) mass is 1220 g/mol. The van der Waals surface area contributed by atoms with Crippen molar-refractivity contribution < 1.29 is 89.8 Å². The van der Waals surface area contributed by atoms with Crippen molar-refractivity contribution in [1.82, 2.24) is 26.6 Å². The van der Waals surface area contributed by atoms with E-state index in [0.29, 0.717) is 28.6 Å². The second-order valence-corrected chi connectivity index (χ2v) is 19.7. The summed E-state index contributed by atoms with van der Waals surface area (Å²) in [6.07, 6.45) is -0.545. The molecule has 6 aromatic carbocycles. The summed E-state index contributed by atoms with van der Waals surface area (Å²) in [5.41, 5.74) is 8.56. The lowest BCUT2D eigenvalue weighted by molar-refractivity contribution is -0.146. The van der Waals surface area contributed by atoms with Crippen LogP contribution in [0.5, 0.6) is 23.0 Å². The van der Waals surface area contributed by atoms with Gasteiger partial charge in [0, 0.05) is 62.4 Å². The van der Waals surface area contributed by atoms with Crippen LogP contribution in [0.15, 0.2) is 133 Å². The first-order valence-corrected chi connectivity index (χ1v) is 26.9. The third-order valence-electron chi connectivity index (χ3n) is 14.1. The van der Waals surface area contributed by atoms with Gasteiger partial charge in [0.1, 0.15) is 52.9 Å². The van der Waals surface area contributed by atoms with Gasteiger partial charge in [0.05, 0.1) is 84.2 Å². The van der Waals surface area contributed by atoms with Crippen LogP contribution < -0.4 is 51.3 Å². The topological polar surface area (TPSA) is 302 Å². The smallest absolute Gasteiger partial charge is 0.407 e. The molecule has 0 spiro atoms. The number of methoxy groups -OCH3 is 5. The Hall–Kier alpha value is -9.69. The van der Waals surface area contributed by atoms with Gasteiger partial charge in [-0.25, -0.2) is 22.4 Å². The number of nitrogens with one attached hydrogen (secondary N) is 5. The quantitative estimate of drug-likeness (QED) is 0.0328. The lowest BCUT2D eigenvalue weighted by Crippen LogP contribution is -2.39. The van der Waals surface area contributed by atoms with Gasteiger partial charge in [-0.05, 0) is 83.9 Å². The molecule has 0 bridgehead atoms. The lowest BCUT2D eigenvalue weighted by Gasteiger charge is -2.21. The first-order chi connectivity index (χ1) is 41.7. The van der Waals surface area contributed by atoms with Gasteiger partial charge in [-0.15, -0.1) is 0 Å². The third kappa shape index (κ3) is 18.9. The molecule has 465 valence electrons.